The van der Waals surface area contributed by atoms with E-state index >= 15 is 0 Å². The average Bonchev–Trinajstić information content (AvgIpc) is 2.23. The van der Waals surface area contributed by atoms with Crippen molar-refractivity contribution in [3.8, 4) is 0 Å². The highest BCUT2D eigenvalue weighted by Gasteiger charge is 2.24. The minimum absolute atomic E-state index is 0.222. The number of nitrogens with zero attached hydrogens (tertiary/aromatic N) is 1. The molecule has 74 valence electrons. The summed E-state index contributed by atoms with van der Waals surface area (Å²) in [6, 6.07) is 9.88. The summed E-state index contributed by atoms with van der Waals surface area (Å²) in [6.45, 7) is 2.99. The van der Waals surface area contributed by atoms with E-state index < -0.39 is 0 Å². The van der Waals surface area contributed by atoms with Crippen molar-refractivity contribution in [3.63, 3.8) is 0 Å². The van der Waals surface area contributed by atoms with Crippen LogP contribution in [0.15, 0.2) is 30.3 Å². The average molecular weight is 207 g/mol. The molecule has 0 bridgehead atoms. The van der Waals surface area contributed by atoms with E-state index in [-0.39, 0.29) is 5.91 Å². The van der Waals surface area contributed by atoms with Crippen LogP contribution in [-0.4, -0.2) is 23.5 Å². The van der Waals surface area contributed by atoms with Crippen molar-refractivity contribution in [2.45, 2.75) is 12.2 Å². The number of carbonyl (C=O) groups is 1. The number of rotatable bonds is 1. The summed E-state index contributed by atoms with van der Waals surface area (Å²) in [5.74, 6) is 0.829. The Morgan fingerprint density at radius 1 is 1.36 bits per heavy atom. The molecule has 1 aromatic rings. The Morgan fingerprint density at radius 3 is 2.79 bits per heavy atom. The van der Waals surface area contributed by atoms with Crippen LogP contribution in [0, 0.1) is 0 Å². The van der Waals surface area contributed by atoms with Crippen LogP contribution in [0.25, 0.3) is 0 Å². The summed E-state index contributed by atoms with van der Waals surface area (Å²) in [6.07, 6.45) is 0. The fraction of sp³-hybridized carbons (Fsp3) is 0.364. The van der Waals surface area contributed by atoms with E-state index in [0.717, 1.165) is 12.2 Å². The summed E-state index contributed by atoms with van der Waals surface area (Å²) in [5.41, 5.74) is 1.02. The lowest BCUT2D eigenvalue weighted by Gasteiger charge is -2.30. The van der Waals surface area contributed by atoms with Crippen LogP contribution in [0.5, 0.6) is 0 Å². The van der Waals surface area contributed by atoms with E-state index in [0.29, 0.717) is 11.0 Å². The van der Waals surface area contributed by atoms with Gasteiger partial charge in [0.2, 0.25) is 5.91 Å². The highest BCUT2D eigenvalue weighted by Crippen LogP contribution is 2.24. The van der Waals surface area contributed by atoms with Gasteiger partial charge in [0.25, 0.3) is 0 Å². The van der Waals surface area contributed by atoms with Gasteiger partial charge in [-0.15, -0.1) is 11.8 Å². The van der Waals surface area contributed by atoms with Gasteiger partial charge in [-0.05, 0) is 12.1 Å². The molecule has 14 heavy (non-hydrogen) atoms. The molecular weight excluding hydrogens is 194 g/mol. The normalized spacial score (nSPS) is 22.5. The summed E-state index contributed by atoms with van der Waals surface area (Å²) in [7, 11) is 0. The number of carbonyl (C=O) groups excluding carboxylic acids is 1. The molecule has 1 fully saturated rings. The highest BCUT2D eigenvalue weighted by atomic mass is 32.2. The van der Waals surface area contributed by atoms with Crippen LogP contribution in [0.4, 0.5) is 5.69 Å². The van der Waals surface area contributed by atoms with Crippen molar-refractivity contribution in [2.24, 2.45) is 0 Å². The van der Waals surface area contributed by atoms with Crippen LogP contribution in [0.3, 0.4) is 0 Å². The van der Waals surface area contributed by atoms with Gasteiger partial charge in [0.15, 0.2) is 0 Å². The van der Waals surface area contributed by atoms with Crippen molar-refractivity contribution in [2.75, 3.05) is 17.2 Å². The number of hydrogen-bond acceptors (Lipinski definition) is 2. The van der Waals surface area contributed by atoms with Crippen molar-refractivity contribution < 1.29 is 4.79 Å². The Bertz CT molecular complexity index is 325. The van der Waals surface area contributed by atoms with Crippen molar-refractivity contribution in [1.29, 1.82) is 0 Å². The van der Waals surface area contributed by atoms with E-state index in [1.807, 2.05) is 35.2 Å². The van der Waals surface area contributed by atoms with Gasteiger partial charge in [0.05, 0.1) is 5.75 Å². The van der Waals surface area contributed by atoms with Crippen LogP contribution >= 0.6 is 11.8 Å². The number of benzene rings is 1. The monoisotopic (exact) mass is 207 g/mol. The van der Waals surface area contributed by atoms with E-state index in [9.17, 15) is 4.79 Å². The molecule has 2 nitrogen and oxygen atoms in total. The topological polar surface area (TPSA) is 20.3 Å². The summed E-state index contributed by atoms with van der Waals surface area (Å²) in [4.78, 5) is 13.5. The molecule has 1 aliphatic heterocycles. The second-order valence-electron chi connectivity index (χ2n) is 3.46. The Hall–Kier alpha value is -0.960. The maximum atomic E-state index is 11.6. The third-order valence-electron chi connectivity index (χ3n) is 2.30. The van der Waals surface area contributed by atoms with E-state index in [2.05, 4.69) is 6.92 Å². The number of amides is 1. The van der Waals surface area contributed by atoms with Gasteiger partial charge >= 0.3 is 0 Å². The molecule has 3 heteroatoms. The van der Waals surface area contributed by atoms with Crippen LogP contribution in [0.2, 0.25) is 0 Å². The SMILES string of the molecule is C[C@@H]1CN(c2ccccc2)C(=O)CS1. The van der Waals surface area contributed by atoms with Gasteiger partial charge in [-0.25, -0.2) is 0 Å². The largest absolute Gasteiger partial charge is 0.311 e. The zero-order valence-corrected chi connectivity index (χ0v) is 8.96. The standard InChI is InChI=1S/C11H13NOS/c1-9-7-12(11(13)8-14-9)10-5-3-2-4-6-10/h2-6,9H,7-8H2,1H3/t9-/m1/s1. The van der Waals surface area contributed by atoms with Gasteiger partial charge in [0, 0.05) is 17.5 Å². The minimum atomic E-state index is 0.222. The van der Waals surface area contributed by atoms with Gasteiger partial charge < -0.3 is 4.90 Å². The molecule has 0 N–H and O–H groups in total. The number of hydrogen-bond donors (Lipinski definition) is 0. The second-order valence-corrected chi connectivity index (χ2v) is 4.89. The Balaban J connectivity index is 2.20. The lowest BCUT2D eigenvalue weighted by Crippen LogP contribution is -2.41. The Morgan fingerprint density at radius 2 is 2.07 bits per heavy atom. The third-order valence-corrected chi connectivity index (χ3v) is 3.43. The molecule has 0 unspecified atom stereocenters. The summed E-state index contributed by atoms with van der Waals surface area (Å²) in [5, 5.41) is 0.535. The van der Waals surface area contributed by atoms with Gasteiger partial charge in [-0.1, -0.05) is 25.1 Å². The first-order valence-corrected chi connectivity index (χ1v) is 5.79. The van der Waals surface area contributed by atoms with E-state index in [1.165, 1.54) is 0 Å². The smallest absolute Gasteiger partial charge is 0.237 e. The first-order chi connectivity index (χ1) is 6.77. The van der Waals surface area contributed by atoms with Crippen molar-refractivity contribution in [1.82, 2.24) is 0 Å². The lowest BCUT2D eigenvalue weighted by atomic mass is 10.2. The molecule has 0 radical (unpaired) electrons. The summed E-state index contributed by atoms with van der Waals surface area (Å²) < 4.78 is 0. The third kappa shape index (κ3) is 1.93. The van der Waals surface area contributed by atoms with Crippen LogP contribution < -0.4 is 4.90 Å². The van der Waals surface area contributed by atoms with Crippen molar-refractivity contribution in [3.05, 3.63) is 30.3 Å². The zero-order chi connectivity index (χ0) is 9.97. The quantitative estimate of drug-likeness (QED) is 0.703. The van der Waals surface area contributed by atoms with Crippen molar-refractivity contribution >= 4 is 23.4 Å². The molecule has 1 aromatic carbocycles. The first-order valence-electron chi connectivity index (χ1n) is 4.74. The van der Waals surface area contributed by atoms with Gasteiger partial charge in [-0.2, -0.15) is 0 Å². The zero-order valence-electron chi connectivity index (χ0n) is 8.14. The predicted molar refractivity (Wildman–Crippen MR) is 60.7 cm³/mol. The molecule has 0 aliphatic carbocycles. The van der Waals surface area contributed by atoms with Gasteiger partial charge in [0.1, 0.15) is 0 Å². The van der Waals surface area contributed by atoms with Crippen LogP contribution in [-0.2, 0) is 4.79 Å². The van der Waals surface area contributed by atoms with E-state index in [4.69, 9.17) is 0 Å². The molecule has 0 aromatic heterocycles. The number of para-hydroxylation sites is 1. The number of anilines is 1. The van der Waals surface area contributed by atoms with Gasteiger partial charge in [-0.3, -0.25) is 4.79 Å². The molecule has 1 amide bonds. The minimum Gasteiger partial charge on any atom is -0.311 e. The number of thioether (sulfide) groups is 1. The molecular formula is C11H13NOS. The second kappa shape index (κ2) is 4.05. The molecule has 2 rings (SSSR count). The molecule has 1 atom stereocenters. The lowest BCUT2D eigenvalue weighted by molar-refractivity contribution is -0.116. The maximum Gasteiger partial charge on any atom is 0.237 e. The highest BCUT2D eigenvalue weighted by molar-refractivity contribution is 8.00. The fourth-order valence-corrected chi connectivity index (χ4v) is 2.40. The van der Waals surface area contributed by atoms with E-state index in [1.54, 1.807) is 11.8 Å². The predicted octanol–water partition coefficient (Wildman–Crippen LogP) is 2.15. The molecule has 1 saturated heterocycles. The molecule has 1 heterocycles. The summed E-state index contributed by atoms with van der Waals surface area (Å²) >= 11 is 1.73. The Labute approximate surface area is 88.3 Å². The molecule has 1 aliphatic rings. The maximum absolute atomic E-state index is 11.6. The van der Waals surface area contributed by atoms with Crippen LogP contribution in [0.1, 0.15) is 6.92 Å². The Kier molecular flexibility index (Phi) is 2.77. The molecule has 0 saturated carbocycles. The molecule has 0 spiro atoms. The fourth-order valence-electron chi connectivity index (χ4n) is 1.56. The first kappa shape index (κ1) is 9.59.